The summed E-state index contributed by atoms with van der Waals surface area (Å²) in [6.45, 7) is -0.720. The molecule has 524 valence electrons. The minimum atomic E-state index is -3.77. The summed E-state index contributed by atoms with van der Waals surface area (Å²) in [7, 11) is 0. The number of aliphatic hydroxyl groups excluding tert-OH is 1. The van der Waals surface area contributed by atoms with Crippen molar-refractivity contribution in [2.24, 2.45) is 11.5 Å². The molecular formula is C67H79F4N13O12S2. The number of alkyl halides is 2. The first-order valence-electron chi connectivity index (χ1n) is 32.1. The van der Waals surface area contributed by atoms with Gasteiger partial charge in [0.2, 0.25) is 59.1 Å². The molecule has 10 amide bonds. The zero-order chi connectivity index (χ0) is 70.4. The Kier molecular flexibility index (Phi) is 25.0. The fourth-order valence-corrected chi connectivity index (χ4v) is 14.2. The molecular weight excluding hydrogens is 1320 g/mol. The van der Waals surface area contributed by atoms with Crippen LogP contribution in [0.3, 0.4) is 0 Å². The number of carbonyl (C=O) groups excluding carboxylic acids is 10. The van der Waals surface area contributed by atoms with Gasteiger partial charge >= 0.3 is 0 Å². The summed E-state index contributed by atoms with van der Waals surface area (Å²) in [5.41, 5.74) is 14.9. The smallest absolute Gasteiger partial charge is 0.262 e. The lowest BCUT2D eigenvalue weighted by Crippen LogP contribution is -2.62. The number of aliphatic hydroxyl groups is 1. The van der Waals surface area contributed by atoms with E-state index in [1.165, 1.54) is 83.3 Å². The number of phenols is 1. The lowest BCUT2D eigenvalue weighted by molar-refractivity contribution is -0.143. The first kappa shape index (κ1) is 73.2. The number of nitrogens with two attached hydrogens (primary N) is 2. The molecule has 31 heteroatoms. The number of primary amides is 1. The molecule has 15 N–H and O–H groups in total. The summed E-state index contributed by atoms with van der Waals surface area (Å²) >= 11 is 2.76. The molecule has 2 saturated heterocycles. The second kappa shape index (κ2) is 33.5. The Labute approximate surface area is 569 Å². The Hall–Kier alpha value is -9.04. The van der Waals surface area contributed by atoms with Gasteiger partial charge in [-0.15, -0.1) is 0 Å². The molecule has 25 nitrogen and oxygen atoms in total. The van der Waals surface area contributed by atoms with E-state index in [9.17, 15) is 62.1 Å². The van der Waals surface area contributed by atoms with E-state index in [2.05, 4.69) is 47.2 Å². The molecule has 2 fully saturated rings. The van der Waals surface area contributed by atoms with Crippen LogP contribution >= 0.6 is 23.5 Å². The van der Waals surface area contributed by atoms with Gasteiger partial charge in [0.15, 0.2) is 0 Å². The molecule has 6 aromatic rings. The molecule has 9 rings (SSSR count). The topological polar surface area (TPSA) is 385 Å². The summed E-state index contributed by atoms with van der Waals surface area (Å²) in [5, 5.41) is 39.4. The van der Waals surface area contributed by atoms with Crippen LogP contribution in [0, 0.1) is 11.6 Å². The van der Waals surface area contributed by atoms with Crippen molar-refractivity contribution in [1.82, 2.24) is 57.0 Å². The summed E-state index contributed by atoms with van der Waals surface area (Å²) in [5.74, 6) is -13.7. The number of hydrogen-bond acceptors (Lipinski definition) is 16. The Morgan fingerprint density at radius 3 is 1.99 bits per heavy atom. The van der Waals surface area contributed by atoms with Crippen LogP contribution in [0.25, 0.3) is 21.8 Å². The van der Waals surface area contributed by atoms with Crippen LogP contribution in [0.15, 0.2) is 97.3 Å². The maximum atomic E-state index is 16.2. The number of phenolic OH excluding ortho intramolecular Hbond substituents is 1. The van der Waals surface area contributed by atoms with Crippen molar-refractivity contribution in [3.63, 3.8) is 0 Å². The van der Waals surface area contributed by atoms with Gasteiger partial charge in [0.1, 0.15) is 53.6 Å². The van der Waals surface area contributed by atoms with Crippen LogP contribution in [-0.4, -0.2) is 187 Å². The molecule has 0 spiro atoms. The quantitative estimate of drug-likeness (QED) is 0.0475. The molecule has 4 aromatic carbocycles. The molecule has 2 bridgehead atoms. The Balaban J connectivity index is 1.05. The summed E-state index contributed by atoms with van der Waals surface area (Å²) in [4.78, 5) is 151. The minimum Gasteiger partial charge on any atom is -0.508 e. The number of imide groups is 1. The fraction of sp³-hybridized carbons (Fsp3) is 0.433. The van der Waals surface area contributed by atoms with E-state index in [4.69, 9.17) is 11.5 Å². The number of H-pyrrole nitrogens is 2. The molecule has 0 radical (unpaired) electrons. The average molecular weight is 1400 g/mol. The molecule has 9 atom stereocenters. The predicted octanol–water partition coefficient (Wildman–Crippen LogP) is 2.48. The second-order valence-corrected chi connectivity index (χ2v) is 26.9. The van der Waals surface area contributed by atoms with Crippen LogP contribution in [0.4, 0.5) is 17.6 Å². The van der Waals surface area contributed by atoms with E-state index in [1.807, 2.05) is 24.3 Å². The second-order valence-electron chi connectivity index (χ2n) is 24.7. The number of carbonyl (C=O) groups is 10. The van der Waals surface area contributed by atoms with Crippen LogP contribution < -0.4 is 48.7 Å². The highest BCUT2D eigenvalue weighted by Crippen LogP contribution is 2.36. The normalized spacial score (nSPS) is 24.1. The number of aromatic hydroxyl groups is 1. The number of thioether (sulfide) groups is 2. The first-order valence-corrected chi connectivity index (χ1v) is 34.4. The number of aromatic nitrogens is 2. The van der Waals surface area contributed by atoms with E-state index >= 15 is 13.6 Å². The zero-order valence-corrected chi connectivity index (χ0v) is 55.1. The highest BCUT2D eigenvalue weighted by molar-refractivity contribution is 7.98. The van der Waals surface area contributed by atoms with E-state index in [0.29, 0.717) is 53.1 Å². The lowest BCUT2D eigenvalue weighted by Gasteiger charge is -2.33. The van der Waals surface area contributed by atoms with Gasteiger partial charge in [-0.05, 0) is 128 Å². The van der Waals surface area contributed by atoms with Gasteiger partial charge in [-0.2, -0.15) is 23.5 Å². The number of amides is 10. The van der Waals surface area contributed by atoms with Gasteiger partial charge in [-0.25, -0.2) is 17.6 Å². The molecule has 0 unspecified atom stereocenters. The molecule has 0 aliphatic carbocycles. The number of aromatic amines is 2. The maximum absolute atomic E-state index is 16.2. The van der Waals surface area contributed by atoms with Gasteiger partial charge in [0, 0.05) is 89.4 Å². The molecule has 2 aromatic heterocycles. The number of hydrogen-bond donors (Lipinski definition) is 13. The van der Waals surface area contributed by atoms with Gasteiger partial charge in [-0.3, -0.25) is 58.2 Å². The van der Waals surface area contributed by atoms with E-state index in [-0.39, 0.29) is 72.2 Å². The van der Waals surface area contributed by atoms with Crippen molar-refractivity contribution in [1.29, 1.82) is 0 Å². The predicted molar refractivity (Wildman–Crippen MR) is 357 cm³/mol. The van der Waals surface area contributed by atoms with Gasteiger partial charge in [0.05, 0.1) is 31.3 Å². The van der Waals surface area contributed by atoms with Crippen LogP contribution in [0.2, 0.25) is 0 Å². The van der Waals surface area contributed by atoms with E-state index in [0.717, 1.165) is 41.1 Å². The zero-order valence-electron chi connectivity index (χ0n) is 53.5. The summed E-state index contributed by atoms with van der Waals surface area (Å²) in [6.07, 6.45) is -0.180. The third-order valence-corrected chi connectivity index (χ3v) is 19.5. The van der Waals surface area contributed by atoms with E-state index in [1.54, 1.807) is 0 Å². The van der Waals surface area contributed by atoms with Crippen molar-refractivity contribution in [2.75, 3.05) is 37.7 Å². The van der Waals surface area contributed by atoms with Gasteiger partial charge in [0.25, 0.3) is 5.92 Å². The number of rotatable bonds is 12. The van der Waals surface area contributed by atoms with Crippen molar-refractivity contribution in [3.8, 4) is 5.75 Å². The number of nitrogens with zero attached hydrogens (tertiary/aromatic N) is 2. The highest BCUT2D eigenvalue weighted by Gasteiger charge is 2.53. The number of nitrogens with one attached hydrogen (secondary N) is 9. The van der Waals surface area contributed by atoms with Crippen LogP contribution in [0.5, 0.6) is 5.75 Å². The number of unbranched alkanes of at least 4 members (excludes halogenated alkanes) is 1. The monoisotopic (exact) mass is 1400 g/mol. The van der Waals surface area contributed by atoms with Gasteiger partial charge in [-0.1, -0.05) is 36.4 Å². The SMILES string of the molecule is C[C@H](O)[C@@H]1NC(=O)[C@@H]2CC(F)(F)CN2[C@@H](Cc2c[nH]c3ccc(F)cc23)C(=O)NC(=O)[C@H](Cc2c[nH]c3ccc(F)cc23)NC(=O)CNC(=O)[C@H](CCCCN)NC(=O)CCSCc2cccc(c2)CSC[C@@H](C(N)=O)NC(=O)[C@@H]2CCCN2C(=O)[C@H](Cc2ccc(O)cc2)NC1=O. The Bertz CT molecular complexity index is 3920. The summed E-state index contributed by atoms with van der Waals surface area (Å²) < 4.78 is 62.2. The highest BCUT2D eigenvalue weighted by atomic mass is 32.2. The Morgan fingerprint density at radius 1 is 0.694 bits per heavy atom. The molecule has 3 aliphatic heterocycles. The average Bonchev–Trinajstić information content (AvgIpc) is 1.67. The number of fused-ring (bicyclic) bond motifs is 6. The molecule has 3 aliphatic rings. The maximum Gasteiger partial charge on any atom is 0.262 e. The van der Waals surface area contributed by atoms with Crippen molar-refractivity contribution in [3.05, 3.63) is 137 Å². The molecule has 5 heterocycles. The van der Waals surface area contributed by atoms with Crippen molar-refractivity contribution in [2.45, 2.75) is 143 Å². The third kappa shape index (κ3) is 19.4. The van der Waals surface area contributed by atoms with Crippen molar-refractivity contribution < 1.29 is 75.7 Å². The lowest BCUT2D eigenvalue weighted by atomic mass is 10.0. The Morgan fingerprint density at radius 2 is 1.34 bits per heavy atom. The van der Waals surface area contributed by atoms with Crippen molar-refractivity contribution >= 4 is 104 Å². The number of halogens is 4. The minimum absolute atomic E-state index is 0.00198. The standard InChI is InChI=1S/C67H79F4N13O12S2/c1-36(85)58-65(95)79-51(23-37-10-14-44(86)15-11-37)66(96)83-20-5-9-53(83)62(92)80-52(59(73)89)34-98-33-39-7-4-6-38(22-39)32-97-21-18-56(87)77-49(8-2-3-19-72)60(90)76-31-57(88)78-50(24-40-29-74-47-16-12-42(68)26-45(40)47)61(91)82-63(93)54(84-35-67(70,71)28-55(84)64(94)81-58)25-41-30-75-48-17-13-43(69)27-46(41)48/h4,6-7,10-17,22,26-27,29-30,36,49-55,58,74-75,85-86H,2-3,5,8-9,18-21,23-25,28,31-35,72H2,1H3,(H2,73,89)(H,76,90)(H,77,87)(H,78,88)(H,79,95)(H,80,92)(H,81,94)(H,82,91,93)/t36-,49-,50-,51-,52-,53-,54-,55-,58-/m0/s1. The summed E-state index contributed by atoms with van der Waals surface area (Å²) in [6, 6.07) is 7.74. The molecule has 0 saturated carbocycles. The molecule has 98 heavy (non-hydrogen) atoms. The van der Waals surface area contributed by atoms with Crippen LogP contribution in [0.1, 0.15) is 79.7 Å². The largest absolute Gasteiger partial charge is 0.508 e. The fourth-order valence-electron chi connectivity index (χ4n) is 12.3. The van der Waals surface area contributed by atoms with Crippen LogP contribution in [-0.2, 0) is 78.7 Å². The first-order chi connectivity index (χ1) is 46.8. The van der Waals surface area contributed by atoms with E-state index < -0.39 is 163 Å². The number of benzene rings is 4. The third-order valence-electron chi connectivity index (χ3n) is 17.4. The van der Waals surface area contributed by atoms with Gasteiger partial charge < -0.3 is 68.4 Å².